The number of hydrogen-bond acceptors (Lipinski definition) is 4. The normalized spacial score (nSPS) is 12.6. The van der Waals surface area contributed by atoms with Crippen LogP contribution in [-0.4, -0.2) is 49.5 Å². The third-order valence-corrected chi connectivity index (χ3v) is 6.50. The summed E-state index contributed by atoms with van der Waals surface area (Å²) in [5.41, 5.74) is 2.03. The van der Waals surface area contributed by atoms with Crippen LogP contribution in [-0.2, 0) is 26.2 Å². The number of anilines is 1. The molecule has 2 amide bonds. The molecule has 34 heavy (non-hydrogen) atoms. The first-order valence-electron chi connectivity index (χ1n) is 11.5. The van der Waals surface area contributed by atoms with E-state index in [4.69, 9.17) is 0 Å². The number of rotatable bonds is 10. The molecule has 1 atom stereocenters. The molecule has 186 valence electrons. The molecule has 1 N–H and O–H groups in total. The van der Waals surface area contributed by atoms with E-state index < -0.39 is 21.6 Å². The molecule has 0 heterocycles. The Hall–Kier alpha value is -2.87. The number of sulfonamides is 1. The average molecular weight is 488 g/mol. The fourth-order valence-electron chi connectivity index (χ4n) is 3.62. The van der Waals surface area contributed by atoms with Gasteiger partial charge in [-0.15, -0.1) is 0 Å². The Morgan fingerprint density at radius 2 is 1.68 bits per heavy atom. The van der Waals surface area contributed by atoms with Gasteiger partial charge in [-0.05, 0) is 64.3 Å². The van der Waals surface area contributed by atoms with Crippen LogP contribution in [0.5, 0.6) is 0 Å². The lowest BCUT2D eigenvalue weighted by Gasteiger charge is -2.32. The van der Waals surface area contributed by atoms with Gasteiger partial charge in [-0.2, -0.15) is 0 Å². The zero-order valence-electron chi connectivity index (χ0n) is 21.0. The molecule has 0 saturated carbocycles. The molecule has 0 radical (unpaired) electrons. The molecular weight excluding hydrogens is 450 g/mol. The molecule has 8 heteroatoms. The Kier molecular flexibility index (Phi) is 9.27. The van der Waals surface area contributed by atoms with Crippen LogP contribution in [0.3, 0.4) is 0 Å². The summed E-state index contributed by atoms with van der Waals surface area (Å²) in [6.45, 7) is 9.78. The van der Waals surface area contributed by atoms with E-state index in [2.05, 4.69) is 5.32 Å². The fourth-order valence-corrected chi connectivity index (χ4v) is 4.58. The standard InChI is InChI=1S/C26H37N3O4S/c1-20-12-10-15-23(18-20)29(34(6,32)33)17-11-16-24(30)28(19-22-13-8-7-9-14-22)21(2)25(31)27-26(3,4)5/h7-10,12-15,18,21H,11,16-17,19H2,1-6H3,(H,27,31)/t21-/m1/s1. The van der Waals surface area contributed by atoms with Gasteiger partial charge in [0.15, 0.2) is 0 Å². The van der Waals surface area contributed by atoms with Crippen molar-refractivity contribution in [3.8, 4) is 0 Å². The summed E-state index contributed by atoms with van der Waals surface area (Å²) in [6, 6.07) is 16.1. The van der Waals surface area contributed by atoms with E-state index in [1.807, 2.05) is 76.2 Å². The second kappa shape index (κ2) is 11.5. The summed E-state index contributed by atoms with van der Waals surface area (Å²) >= 11 is 0. The van der Waals surface area contributed by atoms with Gasteiger partial charge in [0.25, 0.3) is 0 Å². The molecule has 0 aliphatic rings. The van der Waals surface area contributed by atoms with Crippen LogP contribution >= 0.6 is 0 Å². The minimum Gasteiger partial charge on any atom is -0.350 e. The quantitative estimate of drug-likeness (QED) is 0.551. The zero-order chi connectivity index (χ0) is 25.5. The molecule has 0 bridgehead atoms. The highest BCUT2D eigenvalue weighted by molar-refractivity contribution is 7.92. The number of benzene rings is 2. The highest BCUT2D eigenvalue weighted by atomic mass is 32.2. The maximum Gasteiger partial charge on any atom is 0.242 e. The highest BCUT2D eigenvalue weighted by Crippen LogP contribution is 2.20. The predicted octanol–water partition coefficient (Wildman–Crippen LogP) is 3.87. The second-order valence-electron chi connectivity index (χ2n) is 9.70. The molecule has 0 aliphatic carbocycles. The maximum atomic E-state index is 13.3. The van der Waals surface area contributed by atoms with Crippen LogP contribution < -0.4 is 9.62 Å². The minimum atomic E-state index is -3.51. The highest BCUT2D eigenvalue weighted by Gasteiger charge is 2.28. The Morgan fingerprint density at radius 1 is 1.03 bits per heavy atom. The molecule has 0 aliphatic heterocycles. The molecule has 2 rings (SSSR count). The number of nitrogens with zero attached hydrogens (tertiary/aromatic N) is 2. The molecule has 2 aromatic carbocycles. The van der Waals surface area contributed by atoms with E-state index in [-0.39, 0.29) is 24.8 Å². The molecule has 0 unspecified atom stereocenters. The van der Waals surface area contributed by atoms with Gasteiger partial charge in [0, 0.05) is 25.0 Å². The number of amides is 2. The number of carbonyl (C=O) groups excluding carboxylic acids is 2. The third kappa shape index (κ3) is 8.48. The van der Waals surface area contributed by atoms with Crippen LogP contribution in [0.1, 0.15) is 51.7 Å². The van der Waals surface area contributed by atoms with Crippen LogP contribution in [0, 0.1) is 6.92 Å². The first-order chi connectivity index (χ1) is 15.8. The monoisotopic (exact) mass is 487 g/mol. The van der Waals surface area contributed by atoms with Crippen molar-refractivity contribution >= 4 is 27.5 Å². The first-order valence-corrected chi connectivity index (χ1v) is 13.3. The summed E-state index contributed by atoms with van der Waals surface area (Å²) in [5, 5.41) is 2.94. The van der Waals surface area contributed by atoms with Crippen LogP contribution in [0.4, 0.5) is 5.69 Å². The number of aryl methyl sites for hydroxylation is 1. The van der Waals surface area contributed by atoms with E-state index in [0.29, 0.717) is 18.7 Å². The Bertz CT molecular complexity index is 1080. The smallest absolute Gasteiger partial charge is 0.242 e. The van der Waals surface area contributed by atoms with Gasteiger partial charge in [-0.1, -0.05) is 42.5 Å². The van der Waals surface area contributed by atoms with Crippen molar-refractivity contribution in [2.45, 2.75) is 65.6 Å². The molecule has 0 spiro atoms. The van der Waals surface area contributed by atoms with Crippen molar-refractivity contribution < 1.29 is 18.0 Å². The van der Waals surface area contributed by atoms with Gasteiger partial charge >= 0.3 is 0 Å². The molecule has 7 nitrogen and oxygen atoms in total. The van der Waals surface area contributed by atoms with Crippen molar-refractivity contribution in [2.24, 2.45) is 0 Å². The van der Waals surface area contributed by atoms with Crippen molar-refractivity contribution in [1.29, 1.82) is 0 Å². The number of carbonyl (C=O) groups is 2. The molecule has 0 saturated heterocycles. The van der Waals surface area contributed by atoms with E-state index in [1.165, 1.54) is 4.31 Å². The summed E-state index contributed by atoms with van der Waals surface area (Å²) in [5.74, 6) is -0.424. The van der Waals surface area contributed by atoms with Gasteiger partial charge in [0.05, 0.1) is 11.9 Å². The van der Waals surface area contributed by atoms with E-state index in [0.717, 1.165) is 17.4 Å². The van der Waals surface area contributed by atoms with Gasteiger partial charge in [-0.3, -0.25) is 13.9 Å². The average Bonchev–Trinajstić information content (AvgIpc) is 2.73. The first kappa shape index (κ1) is 27.4. The fraction of sp³-hybridized carbons (Fsp3) is 0.462. The zero-order valence-corrected chi connectivity index (χ0v) is 21.9. The third-order valence-electron chi connectivity index (χ3n) is 5.30. The van der Waals surface area contributed by atoms with E-state index >= 15 is 0 Å². The second-order valence-corrected chi connectivity index (χ2v) is 11.6. The van der Waals surface area contributed by atoms with E-state index in [9.17, 15) is 18.0 Å². The molecular formula is C26H37N3O4S. The number of nitrogens with one attached hydrogen (secondary N) is 1. The Balaban J connectivity index is 2.16. The summed E-state index contributed by atoms with van der Waals surface area (Å²) in [7, 11) is -3.51. The van der Waals surface area contributed by atoms with Crippen LogP contribution in [0.25, 0.3) is 0 Å². The van der Waals surface area contributed by atoms with E-state index in [1.54, 1.807) is 17.9 Å². The summed E-state index contributed by atoms with van der Waals surface area (Å²) in [4.78, 5) is 27.7. The molecule has 0 fully saturated rings. The Morgan fingerprint density at radius 3 is 2.24 bits per heavy atom. The van der Waals surface area contributed by atoms with Gasteiger partial charge in [0.1, 0.15) is 6.04 Å². The van der Waals surface area contributed by atoms with Crippen molar-refractivity contribution in [2.75, 3.05) is 17.1 Å². The lowest BCUT2D eigenvalue weighted by Crippen LogP contribution is -2.52. The SMILES string of the molecule is Cc1cccc(N(CCCC(=O)N(Cc2ccccc2)[C@H](C)C(=O)NC(C)(C)C)S(C)(=O)=O)c1. The van der Waals surface area contributed by atoms with Gasteiger partial charge < -0.3 is 10.2 Å². The summed E-state index contributed by atoms with van der Waals surface area (Å²) in [6.07, 6.45) is 1.62. The van der Waals surface area contributed by atoms with Crippen molar-refractivity contribution in [3.05, 3.63) is 65.7 Å². The van der Waals surface area contributed by atoms with Crippen molar-refractivity contribution in [1.82, 2.24) is 10.2 Å². The van der Waals surface area contributed by atoms with Gasteiger partial charge in [0.2, 0.25) is 21.8 Å². The maximum absolute atomic E-state index is 13.3. The van der Waals surface area contributed by atoms with Crippen LogP contribution in [0.2, 0.25) is 0 Å². The number of hydrogen-bond donors (Lipinski definition) is 1. The summed E-state index contributed by atoms with van der Waals surface area (Å²) < 4.78 is 26.1. The lowest BCUT2D eigenvalue weighted by molar-refractivity contribution is -0.141. The molecule has 0 aromatic heterocycles. The van der Waals surface area contributed by atoms with Gasteiger partial charge in [-0.25, -0.2) is 8.42 Å². The topological polar surface area (TPSA) is 86.8 Å². The predicted molar refractivity (Wildman–Crippen MR) is 137 cm³/mol. The largest absolute Gasteiger partial charge is 0.350 e. The van der Waals surface area contributed by atoms with Crippen molar-refractivity contribution in [3.63, 3.8) is 0 Å². The minimum absolute atomic E-state index is 0.123. The Labute approximate surface area is 204 Å². The lowest BCUT2D eigenvalue weighted by atomic mass is 10.1. The van der Waals surface area contributed by atoms with Crippen LogP contribution in [0.15, 0.2) is 54.6 Å². The molecule has 2 aromatic rings.